The number of halogens is 4. The van der Waals surface area contributed by atoms with E-state index in [4.69, 9.17) is 11.6 Å². The summed E-state index contributed by atoms with van der Waals surface area (Å²) < 4.78 is 39.6. The number of carbonyl (C=O) groups is 2. The van der Waals surface area contributed by atoms with E-state index in [1.807, 2.05) is 0 Å². The summed E-state index contributed by atoms with van der Waals surface area (Å²) in [6.07, 6.45) is -5.68. The Balaban J connectivity index is 1.84. The van der Waals surface area contributed by atoms with Crippen LogP contribution >= 0.6 is 11.6 Å². The summed E-state index contributed by atoms with van der Waals surface area (Å²) in [7, 11) is 0. The minimum Gasteiger partial charge on any atom is -0.350 e. The summed E-state index contributed by atoms with van der Waals surface area (Å²) in [5, 5.41) is 6.08. The first-order valence-electron chi connectivity index (χ1n) is 11.5. The molecular formula is C27H25ClF3N3O3. The summed E-state index contributed by atoms with van der Waals surface area (Å²) in [4.78, 5) is 38.2. The molecule has 0 aromatic heterocycles. The van der Waals surface area contributed by atoms with Gasteiger partial charge in [0.05, 0.1) is 6.42 Å². The van der Waals surface area contributed by atoms with Gasteiger partial charge in [0, 0.05) is 24.5 Å². The fraction of sp³-hybridized carbons (Fsp3) is 0.259. The van der Waals surface area contributed by atoms with Crippen LogP contribution in [-0.4, -0.2) is 29.4 Å². The molecule has 3 rings (SSSR count). The quantitative estimate of drug-likeness (QED) is 0.286. The minimum absolute atomic E-state index is 0.109. The van der Waals surface area contributed by atoms with E-state index in [0.717, 1.165) is 10.5 Å². The fourth-order valence-electron chi connectivity index (χ4n) is 3.76. The van der Waals surface area contributed by atoms with Gasteiger partial charge in [0.25, 0.3) is 0 Å². The average Bonchev–Trinajstić information content (AvgIpc) is 2.89. The Morgan fingerprint density at radius 3 is 2.14 bits per heavy atom. The molecule has 10 heteroatoms. The number of aryl methyl sites for hydroxylation is 1. The van der Waals surface area contributed by atoms with Gasteiger partial charge in [-0.25, -0.2) is 0 Å². The lowest BCUT2D eigenvalue weighted by Gasteiger charge is -2.32. The van der Waals surface area contributed by atoms with Gasteiger partial charge in [0.15, 0.2) is 0 Å². The normalized spacial score (nSPS) is 12.0. The molecule has 0 aliphatic rings. The van der Waals surface area contributed by atoms with Crippen molar-refractivity contribution in [3.05, 3.63) is 105 Å². The van der Waals surface area contributed by atoms with Crippen molar-refractivity contribution in [2.45, 2.75) is 38.0 Å². The Kier molecular flexibility index (Phi) is 9.79. The van der Waals surface area contributed by atoms with E-state index in [1.54, 1.807) is 66.7 Å². The standard InChI is InChI=1S/C27H25ClF3N3O3/c28-22-11-6-20(7-12-22)18-32-26(36)25(21-4-2-1-3-5-21)34(17-16-27(29,30)31)24(35)15-10-19-8-13-23(33-37)14-9-19/h1-9,11-14,25H,10,15-18H2,(H,32,36). The highest BCUT2D eigenvalue weighted by Gasteiger charge is 2.35. The van der Waals surface area contributed by atoms with E-state index in [1.165, 1.54) is 12.1 Å². The van der Waals surface area contributed by atoms with Crippen molar-refractivity contribution in [3.8, 4) is 0 Å². The Bertz CT molecular complexity index is 1190. The van der Waals surface area contributed by atoms with E-state index in [9.17, 15) is 27.7 Å². The number of alkyl halides is 3. The molecule has 0 spiro atoms. The molecule has 0 fully saturated rings. The van der Waals surface area contributed by atoms with E-state index in [0.29, 0.717) is 16.1 Å². The number of rotatable bonds is 11. The summed E-state index contributed by atoms with van der Waals surface area (Å²) in [6.45, 7) is -0.567. The van der Waals surface area contributed by atoms with Crippen LogP contribution in [0.15, 0.2) is 84.0 Å². The molecule has 2 amide bonds. The van der Waals surface area contributed by atoms with Gasteiger partial charge in [-0.05, 0) is 52.6 Å². The van der Waals surface area contributed by atoms with Crippen LogP contribution in [0, 0.1) is 4.91 Å². The van der Waals surface area contributed by atoms with Crippen LogP contribution < -0.4 is 5.32 Å². The highest BCUT2D eigenvalue weighted by Crippen LogP contribution is 2.27. The zero-order chi connectivity index (χ0) is 26.8. The lowest BCUT2D eigenvalue weighted by atomic mass is 10.0. The number of nitrogens with one attached hydrogen (secondary N) is 1. The molecule has 37 heavy (non-hydrogen) atoms. The molecular weight excluding hydrogens is 507 g/mol. The van der Waals surface area contributed by atoms with E-state index in [-0.39, 0.29) is 25.1 Å². The SMILES string of the molecule is O=Nc1ccc(CCC(=O)N(CCC(F)(F)F)C(C(=O)NCc2ccc(Cl)cc2)c2ccccc2)cc1. The molecule has 1 atom stereocenters. The molecule has 0 radical (unpaired) electrons. The average molecular weight is 532 g/mol. The molecule has 0 aliphatic carbocycles. The van der Waals surface area contributed by atoms with Gasteiger partial charge in [0.1, 0.15) is 11.7 Å². The molecule has 3 aromatic rings. The summed E-state index contributed by atoms with van der Waals surface area (Å²) in [5.74, 6) is -1.20. The second-order valence-electron chi connectivity index (χ2n) is 8.37. The number of nitroso groups, excluding NO2 is 1. The van der Waals surface area contributed by atoms with Gasteiger partial charge < -0.3 is 10.2 Å². The van der Waals surface area contributed by atoms with Crippen LogP contribution in [0.3, 0.4) is 0 Å². The van der Waals surface area contributed by atoms with Crippen molar-refractivity contribution >= 4 is 29.1 Å². The summed E-state index contributed by atoms with van der Waals surface area (Å²) in [6, 6.07) is 20.0. The third kappa shape index (κ3) is 8.71. The van der Waals surface area contributed by atoms with Gasteiger partial charge in [-0.15, -0.1) is 4.91 Å². The first kappa shape index (κ1) is 27.9. The van der Waals surface area contributed by atoms with Crippen LogP contribution in [0.1, 0.15) is 35.6 Å². The zero-order valence-electron chi connectivity index (χ0n) is 19.7. The monoisotopic (exact) mass is 531 g/mol. The molecule has 1 N–H and O–H groups in total. The van der Waals surface area contributed by atoms with Crippen LogP contribution in [0.5, 0.6) is 0 Å². The number of benzene rings is 3. The molecule has 0 saturated carbocycles. The van der Waals surface area contributed by atoms with Crippen LogP contribution in [0.25, 0.3) is 0 Å². The lowest BCUT2D eigenvalue weighted by Crippen LogP contribution is -2.45. The lowest BCUT2D eigenvalue weighted by molar-refractivity contribution is -0.152. The molecule has 6 nitrogen and oxygen atoms in total. The molecule has 0 aliphatic heterocycles. The van der Waals surface area contributed by atoms with Crippen LogP contribution in [0.2, 0.25) is 5.02 Å². The largest absolute Gasteiger partial charge is 0.390 e. The van der Waals surface area contributed by atoms with E-state index < -0.39 is 37.0 Å². The van der Waals surface area contributed by atoms with E-state index in [2.05, 4.69) is 10.5 Å². The highest BCUT2D eigenvalue weighted by molar-refractivity contribution is 6.30. The van der Waals surface area contributed by atoms with Crippen molar-refractivity contribution in [3.63, 3.8) is 0 Å². The Labute approximate surface area is 217 Å². The predicted molar refractivity (Wildman–Crippen MR) is 135 cm³/mol. The fourth-order valence-corrected chi connectivity index (χ4v) is 3.89. The molecule has 1 unspecified atom stereocenters. The molecule has 3 aromatic carbocycles. The molecule has 0 saturated heterocycles. The van der Waals surface area contributed by atoms with Gasteiger partial charge in [0.2, 0.25) is 11.8 Å². The second kappa shape index (κ2) is 13.0. The Morgan fingerprint density at radius 1 is 0.919 bits per heavy atom. The maximum atomic E-state index is 13.3. The predicted octanol–water partition coefficient (Wildman–Crippen LogP) is 6.51. The van der Waals surface area contributed by atoms with Crippen molar-refractivity contribution in [2.24, 2.45) is 5.18 Å². The second-order valence-corrected chi connectivity index (χ2v) is 8.80. The first-order valence-corrected chi connectivity index (χ1v) is 11.9. The molecule has 0 bridgehead atoms. The Hall–Kier alpha value is -3.72. The number of amides is 2. The molecule has 194 valence electrons. The van der Waals surface area contributed by atoms with Crippen molar-refractivity contribution in [2.75, 3.05) is 6.54 Å². The van der Waals surface area contributed by atoms with E-state index >= 15 is 0 Å². The van der Waals surface area contributed by atoms with Gasteiger partial charge >= 0.3 is 6.18 Å². The number of hydrogen-bond donors (Lipinski definition) is 1. The number of carbonyl (C=O) groups excluding carboxylic acids is 2. The maximum absolute atomic E-state index is 13.3. The zero-order valence-corrected chi connectivity index (χ0v) is 20.5. The van der Waals surface area contributed by atoms with Crippen molar-refractivity contribution < 1.29 is 22.8 Å². The maximum Gasteiger partial charge on any atom is 0.390 e. The number of hydrogen-bond acceptors (Lipinski definition) is 4. The summed E-state index contributed by atoms with van der Waals surface area (Å²) >= 11 is 5.90. The van der Waals surface area contributed by atoms with Gasteiger partial charge in [-0.3, -0.25) is 9.59 Å². The topological polar surface area (TPSA) is 78.8 Å². The third-order valence-electron chi connectivity index (χ3n) is 5.68. The Morgan fingerprint density at radius 2 is 1.54 bits per heavy atom. The van der Waals surface area contributed by atoms with Crippen molar-refractivity contribution in [1.82, 2.24) is 10.2 Å². The minimum atomic E-state index is -4.52. The first-order chi connectivity index (χ1) is 17.7. The smallest absolute Gasteiger partial charge is 0.350 e. The van der Waals surface area contributed by atoms with Gasteiger partial charge in [-0.1, -0.05) is 66.2 Å². The summed E-state index contributed by atoms with van der Waals surface area (Å²) in [5.41, 5.74) is 2.07. The van der Waals surface area contributed by atoms with Gasteiger partial charge in [-0.2, -0.15) is 13.2 Å². The van der Waals surface area contributed by atoms with Crippen LogP contribution in [0.4, 0.5) is 18.9 Å². The van der Waals surface area contributed by atoms with Crippen molar-refractivity contribution in [1.29, 1.82) is 0 Å². The van der Waals surface area contributed by atoms with Crippen LogP contribution in [-0.2, 0) is 22.6 Å². The molecule has 0 heterocycles. The number of nitrogens with zero attached hydrogens (tertiary/aromatic N) is 2. The third-order valence-corrected chi connectivity index (χ3v) is 5.93. The highest BCUT2D eigenvalue weighted by atomic mass is 35.5.